The molecule has 0 N–H and O–H groups in total. The van der Waals surface area contributed by atoms with Crippen LogP contribution in [0.4, 0.5) is 34.1 Å². The fraction of sp³-hybridized carbons (Fsp3) is 0.0154. The van der Waals surface area contributed by atoms with E-state index in [0.717, 1.165) is 34.1 Å². The second kappa shape index (κ2) is 15.8. The van der Waals surface area contributed by atoms with Gasteiger partial charge in [-0.1, -0.05) is 200 Å². The van der Waals surface area contributed by atoms with Crippen LogP contribution in [-0.2, 0) is 5.41 Å². The van der Waals surface area contributed by atoms with Crippen LogP contribution in [0.15, 0.2) is 267 Å². The molecule has 0 saturated heterocycles. The van der Waals surface area contributed by atoms with Gasteiger partial charge in [0.2, 0.25) is 0 Å². The summed E-state index contributed by atoms with van der Waals surface area (Å²) in [5, 5.41) is 2.45. The minimum absolute atomic E-state index is 0.407. The number of hydrogen-bond acceptors (Lipinski definition) is 2. The van der Waals surface area contributed by atoms with Crippen LogP contribution in [0.2, 0.25) is 0 Å². The molecule has 0 saturated carbocycles. The Morgan fingerprint density at radius 3 is 1.15 bits per heavy atom. The second-order valence-electron chi connectivity index (χ2n) is 17.6. The van der Waals surface area contributed by atoms with Crippen molar-refractivity contribution in [3.05, 3.63) is 289 Å². The van der Waals surface area contributed by atoms with Gasteiger partial charge in [0.15, 0.2) is 0 Å². The molecule has 0 heterocycles. The number of hydrogen-bond donors (Lipinski definition) is 0. The smallest absolute Gasteiger partial charge is 0.0726 e. The van der Waals surface area contributed by atoms with E-state index in [-0.39, 0.29) is 0 Å². The number of nitrogens with zero attached hydrogens (tertiary/aromatic N) is 2. The topological polar surface area (TPSA) is 6.48 Å². The fourth-order valence-electron chi connectivity index (χ4n) is 11.1. The molecular formula is C65H44N2. The third kappa shape index (κ3) is 6.18. The van der Waals surface area contributed by atoms with Crippen molar-refractivity contribution in [3.8, 4) is 44.5 Å². The first kappa shape index (κ1) is 38.7. The minimum atomic E-state index is -0.407. The van der Waals surface area contributed by atoms with Gasteiger partial charge in [0.05, 0.1) is 11.1 Å². The predicted molar refractivity (Wildman–Crippen MR) is 280 cm³/mol. The molecule has 314 valence electrons. The molecule has 2 heteroatoms. The first-order chi connectivity index (χ1) is 33.2. The van der Waals surface area contributed by atoms with Gasteiger partial charge in [-0.3, -0.25) is 0 Å². The summed E-state index contributed by atoms with van der Waals surface area (Å²) in [6.45, 7) is 0. The quantitative estimate of drug-likeness (QED) is 0.150. The standard InChI is InChI=1S/C65H44N2/c1-3-18-50(19-4-1)66(54-42-43-59-58-25-11-14-28-62(58)65(63(59)44-54)60-26-12-9-23-56(60)57-24-10-13-27-61(57)65)52-38-34-47(35-39-52)45-30-32-46(33-31-45)48-36-40-53(41-37-48)67(51-20-5-2-6-21-51)64-29-15-17-49-16-7-8-22-55(49)64/h1-44H. The van der Waals surface area contributed by atoms with E-state index in [1.807, 2.05) is 0 Å². The molecule has 0 bridgehead atoms. The fourth-order valence-corrected chi connectivity index (χ4v) is 11.1. The zero-order chi connectivity index (χ0) is 44.3. The van der Waals surface area contributed by atoms with Gasteiger partial charge in [0, 0.05) is 33.8 Å². The zero-order valence-corrected chi connectivity index (χ0v) is 36.8. The summed E-state index contributed by atoms with van der Waals surface area (Å²) >= 11 is 0. The van der Waals surface area contributed by atoms with E-state index in [9.17, 15) is 0 Å². The molecule has 0 atom stereocenters. The highest BCUT2D eigenvalue weighted by Crippen LogP contribution is 2.63. The van der Waals surface area contributed by atoms with Gasteiger partial charge in [-0.2, -0.15) is 0 Å². The maximum Gasteiger partial charge on any atom is 0.0726 e. The van der Waals surface area contributed by atoms with Crippen molar-refractivity contribution < 1.29 is 0 Å². The molecular weight excluding hydrogens is 809 g/mol. The van der Waals surface area contributed by atoms with Gasteiger partial charge in [-0.15, -0.1) is 0 Å². The molecule has 11 aromatic carbocycles. The maximum absolute atomic E-state index is 2.46. The third-order valence-corrected chi connectivity index (χ3v) is 14.1. The summed E-state index contributed by atoms with van der Waals surface area (Å²) in [7, 11) is 0. The van der Waals surface area contributed by atoms with E-state index < -0.39 is 5.41 Å². The Balaban J connectivity index is 0.831. The summed E-state index contributed by atoms with van der Waals surface area (Å²) in [6, 6.07) is 97.7. The zero-order valence-electron chi connectivity index (χ0n) is 36.8. The lowest BCUT2D eigenvalue weighted by Crippen LogP contribution is -2.26. The Bertz CT molecular complexity index is 3540. The van der Waals surface area contributed by atoms with E-state index in [0.29, 0.717) is 0 Å². The summed E-state index contributed by atoms with van der Waals surface area (Å²) in [4.78, 5) is 4.75. The Kier molecular flexibility index (Phi) is 9.11. The number of para-hydroxylation sites is 2. The molecule has 67 heavy (non-hydrogen) atoms. The van der Waals surface area contributed by atoms with Crippen molar-refractivity contribution >= 4 is 44.9 Å². The van der Waals surface area contributed by atoms with Gasteiger partial charge in [-0.05, 0) is 139 Å². The van der Waals surface area contributed by atoms with Crippen molar-refractivity contribution in [3.63, 3.8) is 0 Å². The average Bonchev–Trinajstić information content (AvgIpc) is 3.87. The van der Waals surface area contributed by atoms with E-state index in [4.69, 9.17) is 0 Å². The molecule has 2 aliphatic rings. The van der Waals surface area contributed by atoms with Gasteiger partial charge >= 0.3 is 0 Å². The normalized spacial score (nSPS) is 12.6. The first-order valence-electron chi connectivity index (χ1n) is 23.2. The number of fused-ring (bicyclic) bond motifs is 11. The van der Waals surface area contributed by atoms with Gasteiger partial charge < -0.3 is 9.80 Å². The number of anilines is 6. The molecule has 0 unspecified atom stereocenters. The molecule has 0 amide bonds. The van der Waals surface area contributed by atoms with Crippen LogP contribution in [-0.4, -0.2) is 0 Å². The highest BCUT2D eigenvalue weighted by molar-refractivity contribution is 5.99. The Morgan fingerprint density at radius 1 is 0.239 bits per heavy atom. The molecule has 2 nitrogen and oxygen atoms in total. The van der Waals surface area contributed by atoms with Crippen LogP contribution in [0.1, 0.15) is 22.3 Å². The molecule has 1 spiro atoms. The summed E-state index contributed by atoms with van der Waals surface area (Å²) in [5.74, 6) is 0. The first-order valence-corrected chi connectivity index (χ1v) is 23.2. The van der Waals surface area contributed by atoms with Crippen molar-refractivity contribution in [1.82, 2.24) is 0 Å². The van der Waals surface area contributed by atoms with Crippen LogP contribution >= 0.6 is 0 Å². The summed E-state index contributed by atoms with van der Waals surface area (Å²) < 4.78 is 0. The van der Waals surface area contributed by atoms with Crippen molar-refractivity contribution in [2.24, 2.45) is 0 Å². The number of benzene rings is 11. The Morgan fingerprint density at radius 2 is 0.612 bits per heavy atom. The minimum Gasteiger partial charge on any atom is -0.310 e. The van der Waals surface area contributed by atoms with Crippen LogP contribution in [0.25, 0.3) is 55.3 Å². The van der Waals surface area contributed by atoms with E-state index in [2.05, 4.69) is 277 Å². The summed E-state index contributed by atoms with van der Waals surface area (Å²) in [5.41, 5.74) is 21.7. The van der Waals surface area contributed by atoms with Gasteiger partial charge in [0.1, 0.15) is 0 Å². The van der Waals surface area contributed by atoms with Gasteiger partial charge in [0.25, 0.3) is 0 Å². The molecule has 0 aromatic heterocycles. The maximum atomic E-state index is 2.46. The predicted octanol–water partition coefficient (Wildman–Crippen LogP) is 17.5. The van der Waals surface area contributed by atoms with Crippen molar-refractivity contribution in [2.45, 2.75) is 5.41 Å². The molecule has 13 rings (SSSR count). The molecule has 2 aliphatic carbocycles. The lowest BCUT2D eigenvalue weighted by Gasteiger charge is -2.32. The second-order valence-corrected chi connectivity index (χ2v) is 17.6. The highest BCUT2D eigenvalue weighted by atomic mass is 15.1. The highest BCUT2D eigenvalue weighted by Gasteiger charge is 2.51. The lowest BCUT2D eigenvalue weighted by molar-refractivity contribution is 0.793. The number of rotatable bonds is 8. The van der Waals surface area contributed by atoms with E-state index in [1.54, 1.807) is 0 Å². The average molecular weight is 853 g/mol. The van der Waals surface area contributed by atoms with Crippen molar-refractivity contribution in [2.75, 3.05) is 9.80 Å². The van der Waals surface area contributed by atoms with E-state index >= 15 is 0 Å². The van der Waals surface area contributed by atoms with Crippen LogP contribution < -0.4 is 9.80 Å². The monoisotopic (exact) mass is 852 g/mol. The largest absolute Gasteiger partial charge is 0.310 e. The third-order valence-electron chi connectivity index (χ3n) is 14.1. The van der Waals surface area contributed by atoms with E-state index in [1.165, 1.54) is 77.5 Å². The SMILES string of the molecule is c1ccc(N(c2ccc(-c3ccc(-c4ccc(N(c5ccccc5)c5cccc6ccccc56)cc4)cc3)cc2)c2ccc3c(c2)C2(c4ccccc4-c4ccccc42)c2ccccc2-3)cc1. The van der Waals surface area contributed by atoms with Crippen LogP contribution in [0.3, 0.4) is 0 Å². The summed E-state index contributed by atoms with van der Waals surface area (Å²) in [6.07, 6.45) is 0. The Hall–Kier alpha value is -8.72. The lowest BCUT2D eigenvalue weighted by atomic mass is 9.70. The molecule has 0 fully saturated rings. The van der Waals surface area contributed by atoms with Gasteiger partial charge in [-0.25, -0.2) is 0 Å². The Labute approximate surface area is 391 Å². The van der Waals surface area contributed by atoms with Crippen molar-refractivity contribution in [1.29, 1.82) is 0 Å². The van der Waals surface area contributed by atoms with Crippen LogP contribution in [0.5, 0.6) is 0 Å². The molecule has 11 aromatic rings. The van der Waals surface area contributed by atoms with Crippen LogP contribution in [0, 0.1) is 0 Å². The molecule has 0 aliphatic heterocycles. The molecule has 0 radical (unpaired) electrons.